The van der Waals surface area contributed by atoms with E-state index in [1.54, 1.807) is 0 Å². The van der Waals surface area contributed by atoms with Gasteiger partial charge in [-0.3, -0.25) is 4.90 Å². The van der Waals surface area contributed by atoms with Gasteiger partial charge in [-0.1, -0.05) is 13.3 Å². The summed E-state index contributed by atoms with van der Waals surface area (Å²) in [5.74, 6) is 0.896. The van der Waals surface area contributed by atoms with E-state index in [1.807, 2.05) is 0 Å². The highest BCUT2D eigenvalue weighted by atomic mass is 16.3. The second-order valence-electron chi connectivity index (χ2n) is 4.62. The Labute approximate surface area is 80.9 Å². The highest BCUT2D eigenvalue weighted by Crippen LogP contribution is 2.29. The Morgan fingerprint density at radius 3 is 2.69 bits per heavy atom. The van der Waals surface area contributed by atoms with Crippen LogP contribution in [0.25, 0.3) is 0 Å². The van der Waals surface area contributed by atoms with E-state index in [0.29, 0.717) is 6.04 Å². The van der Waals surface area contributed by atoms with Crippen LogP contribution in [0.3, 0.4) is 0 Å². The maximum atomic E-state index is 9.77. The van der Waals surface area contributed by atoms with Crippen LogP contribution in [0.5, 0.6) is 0 Å². The number of nitrogens with zero attached hydrogens (tertiary/aromatic N) is 1. The molecule has 1 N–H and O–H groups in total. The Bertz CT molecular complexity index is 171. The number of aliphatic hydroxyl groups is 1. The number of hydrogen-bond donors (Lipinski definition) is 1. The lowest BCUT2D eigenvalue weighted by atomic mass is 10.1. The molecule has 1 unspecified atom stereocenters. The zero-order valence-corrected chi connectivity index (χ0v) is 8.58. The van der Waals surface area contributed by atoms with E-state index in [4.69, 9.17) is 0 Å². The topological polar surface area (TPSA) is 23.5 Å². The third kappa shape index (κ3) is 1.89. The fourth-order valence-electron chi connectivity index (χ4n) is 2.84. The van der Waals surface area contributed by atoms with Crippen molar-refractivity contribution >= 4 is 0 Å². The van der Waals surface area contributed by atoms with E-state index in [9.17, 15) is 5.11 Å². The lowest BCUT2D eigenvalue weighted by Gasteiger charge is -2.26. The molecule has 0 aromatic heterocycles. The second-order valence-corrected chi connectivity index (χ2v) is 4.62. The van der Waals surface area contributed by atoms with Crippen molar-refractivity contribution in [3.05, 3.63) is 0 Å². The van der Waals surface area contributed by atoms with Crippen molar-refractivity contribution in [1.29, 1.82) is 0 Å². The van der Waals surface area contributed by atoms with E-state index >= 15 is 0 Å². The summed E-state index contributed by atoms with van der Waals surface area (Å²) in [5, 5.41) is 9.77. The van der Waals surface area contributed by atoms with Crippen LogP contribution in [0.1, 0.15) is 39.0 Å². The number of likely N-dealkylation sites (tertiary alicyclic amines) is 1. The van der Waals surface area contributed by atoms with Gasteiger partial charge in [0.2, 0.25) is 0 Å². The van der Waals surface area contributed by atoms with Crippen molar-refractivity contribution < 1.29 is 5.11 Å². The molecule has 2 rings (SSSR count). The number of hydrogen-bond acceptors (Lipinski definition) is 2. The molecule has 1 heterocycles. The van der Waals surface area contributed by atoms with Gasteiger partial charge < -0.3 is 5.11 Å². The van der Waals surface area contributed by atoms with E-state index in [-0.39, 0.29) is 6.10 Å². The van der Waals surface area contributed by atoms with Gasteiger partial charge in [0.1, 0.15) is 0 Å². The molecule has 1 saturated carbocycles. The summed E-state index contributed by atoms with van der Waals surface area (Å²) in [4.78, 5) is 2.52. The van der Waals surface area contributed by atoms with Gasteiger partial charge in [0, 0.05) is 12.6 Å². The molecule has 2 fully saturated rings. The quantitative estimate of drug-likeness (QED) is 0.703. The molecule has 2 nitrogen and oxygen atoms in total. The lowest BCUT2D eigenvalue weighted by Crippen LogP contribution is -2.38. The summed E-state index contributed by atoms with van der Waals surface area (Å²) in [5.41, 5.74) is 0. The molecule has 1 aliphatic carbocycles. The van der Waals surface area contributed by atoms with Crippen molar-refractivity contribution in [3.63, 3.8) is 0 Å². The van der Waals surface area contributed by atoms with Gasteiger partial charge in [-0.05, 0) is 38.1 Å². The average Bonchev–Trinajstić information content (AvgIpc) is 2.71. The van der Waals surface area contributed by atoms with Gasteiger partial charge in [0.05, 0.1) is 6.10 Å². The molecule has 0 aromatic rings. The minimum atomic E-state index is -0.0318. The van der Waals surface area contributed by atoms with Crippen LogP contribution < -0.4 is 0 Å². The molecule has 1 aliphatic heterocycles. The van der Waals surface area contributed by atoms with E-state index < -0.39 is 0 Å². The Balaban J connectivity index is 1.88. The first-order valence-electron chi connectivity index (χ1n) is 5.73. The van der Waals surface area contributed by atoms with E-state index in [2.05, 4.69) is 11.8 Å². The summed E-state index contributed by atoms with van der Waals surface area (Å²) in [6, 6.07) is 0.497. The smallest absolute Gasteiger partial charge is 0.0695 e. The first-order valence-corrected chi connectivity index (χ1v) is 5.73. The van der Waals surface area contributed by atoms with Crippen LogP contribution >= 0.6 is 0 Å². The molecule has 76 valence electrons. The Hall–Kier alpha value is -0.0800. The molecule has 0 spiro atoms. The fourth-order valence-corrected chi connectivity index (χ4v) is 2.84. The predicted octanol–water partition coefficient (Wildman–Crippen LogP) is 1.63. The maximum absolute atomic E-state index is 9.77. The van der Waals surface area contributed by atoms with Crippen molar-refractivity contribution in [3.8, 4) is 0 Å². The van der Waals surface area contributed by atoms with E-state index in [1.165, 1.54) is 38.8 Å². The Morgan fingerprint density at radius 2 is 2.15 bits per heavy atom. The predicted molar refractivity (Wildman–Crippen MR) is 53.6 cm³/mol. The molecule has 3 atom stereocenters. The summed E-state index contributed by atoms with van der Waals surface area (Å²) in [7, 11) is 0. The highest BCUT2D eigenvalue weighted by molar-refractivity contribution is 4.89. The monoisotopic (exact) mass is 183 g/mol. The third-order valence-corrected chi connectivity index (χ3v) is 3.81. The van der Waals surface area contributed by atoms with Gasteiger partial charge >= 0.3 is 0 Å². The summed E-state index contributed by atoms with van der Waals surface area (Å²) in [6.07, 6.45) is 6.09. The van der Waals surface area contributed by atoms with Crippen molar-refractivity contribution in [2.75, 3.05) is 13.1 Å². The summed E-state index contributed by atoms with van der Waals surface area (Å²) in [6.45, 7) is 4.73. The summed E-state index contributed by atoms with van der Waals surface area (Å²) < 4.78 is 0. The van der Waals surface area contributed by atoms with Crippen LogP contribution in [0, 0.1) is 5.92 Å². The molecule has 0 amide bonds. The van der Waals surface area contributed by atoms with Crippen LogP contribution in [-0.2, 0) is 0 Å². The number of rotatable bonds is 2. The van der Waals surface area contributed by atoms with Crippen LogP contribution in [-0.4, -0.2) is 35.2 Å². The van der Waals surface area contributed by atoms with Gasteiger partial charge in [-0.2, -0.15) is 0 Å². The van der Waals surface area contributed by atoms with Gasteiger partial charge in [-0.15, -0.1) is 0 Å². The first-order chi connectivity index (χ1) is 6.31. The fraction of sp³-hybridized carbons (Fsp3) is 1.00. The minimum absolute atomic E-state index is 0.0318. The molecule has 2 aliphatic rings. The normalized spacial score (nSPS) is 41.5. The SMILES string of the molecule is CCC1CCN([C@@H]2CCC[C@H]2O)C1. The Kier molecular flexibility index (Phi) is 2.89. The summed E-state index contributed by atoms with van der Waals surface area (Å²) >= 11 is 0. The molecule has 0 bridgehead atoms. The van der Waals surface area contributed by atoms with Crippen molar-refractivity contribution in [1.82, 2.24) is 4.90 Å². The van der Waals surface area contributed by atoms with Gasteiger partial charge in [-0.25, -0.2) is 0 Å². The van der Waals surface area contributed by atoms with E-state index in [0.717, 1.165) is 12.3 Å². The van der Waals surface area contributed by atoms with Crippen LogP contribution in [0.15, 0.2) is 0 Å². The average molecular weight is 183 g/mol. The molecule has 0 aromatic carbocycles. The molecular weight excluding hydrogens is 162 g/mol. The zero-order valence-electron chi connectivity index (χ0n) is 8.58. The highest BCUT2D eigenvalue weighted by Gasteiger charge is 2.34. The van der Waals surface area contributed by atoms with Gasteiger partial charge in [0.25, 0.3) is 0 Å². The Morgan fingerprint density at radius 1 is 1.31 bits per heavy atom. The molecule has 2 heteroatoms. The van der Waals surface area contributed by atoms with Crippen LogP contribution in [0.2, 0.25) is 0 Å². The standard InChI is InChI=1S/C11H21NO/c1-2-9-6-7-12(8-9)10-4-3-5-11(10)13/h9-11,13H,2-8H2,1H3/t9?,10-,11-/m1/s1. The zero-order chi connectivity index (χ0) is 9.26. The minimum Gasteiger partial charge on any atom is -0.391 e. The van der Waals surface area contributed by atoms with Crippen molar-refractivity contribution in [2.24, 2.45) is 5.92 Å². The molecule has 1 saturated heterocycles. The second kappa shape index (κ2) is 3.97. The van der Waals surface area contributed by atoms with Crippen LogP contribution in [0.4, 0.5) is 0 Å². The van der Waals surface area contributed by atoms with Gasteiger partial charge in [0.15, 0.2) is 0 Å². The number of aliphatic hydroxyl groups excluding tert-OH is 1. The molecule has 13 heavy (non-hydrogen) atoms. The van der Waals surface area contributed by atoms with Crippen molar-refractivity contribution in [2.45, 2.75) is 51.2 Å². The lowest BCUT2D eigenvalue weighted by molar-refractivity contribution is 0.0830. The molecular formula is C11H21NO. The largest absolute Gasteiger partial charge is 0.391 e. The first kappa shape index (κ1) is 9.47. The molecule has 0 radical (unpaired) electrons. The third-order valence-electron chi connectivity index (χ3n) is 3.81. The maximum Gasteiger partial charge on any atom is 0.0695 e.